The predicted octanol–water partition coefficient (Wildman–Crippen LogP) is 21.1. The lowest BCUT2D eigenvalue weighted by molar-refractivity contribution is 0.344. The van der Waals surface area contributed by atoms with Gasteiger partial charge in [0.2, 0.25) is 0 Å². The van der Waals surface area contributed by atoms with Crippen LogP contribution in [0.3, 0.4) is 0 Å². The van der Waals surface area contributed by atoms with Gasteiger partial charge in [0.15, 0.2) is 0 Å². The molecule has 19 rings (SSSR count). The number of hydrogen-bond acceptors (Lipinski definition) is 4. The van der Waals surface area contributed by atoms with E-state index in [1.807, 2.05) is 23.5 Å². The Hall–Kier alpha value is -9.06. The molecule has 0 radical (unpaired) electrons. The van der Waals surface area contributed by atoms with Crippen molar-refractivity contribution < 1.29 is 0 Å². The van der Waals surface area contributed by atoms with Crippen LogP contribution in [0.1, 0.15) is 50.4 Å². The fourth-order valence-corrected chi connectivity index (χ4v) is 18.9. The van der Waals surface area contributed by atoms with Crippen LogP contribution in [0.15, 0.2) is 287 Å². The summed E-state index contributed by atoms with van der Waals surface area (Å²) in [5, 5.41) is 5.02. The van der Waals surface area contributed by atoms with Gasteiger partial charge >= 0.3 is 0 Å². The van der Waals surface area contributed by atoms with Crippen LogP contribution in [0.2, 0.25) is 0 Å². The lowest BCUT2D eigenvalue weighted by Crippen LogP contribution is -2.33. The molecule has 4 heteroatoms. The molecule has 0 aromatic heterocycles. The molecule has 12 aromatic rings. The lowest BCUT2D eigenvalue weighted by atomic mass is 9.69. The second-order valence-corrected chi connectivity index (χ2v) is 26.5. The number of fused-ring (bicyclic) bond motifs is 18. The Morgan fingerprint density at radius 1 is 0.345 bits per heavy atom. The molecule has 0 saturated heterocycles. The van der Waals surface area contributed by atoms with E-state index in [1.54, 1.807) is 0 Å². The van der Waals surface area contributed by atoms with E-state index in [0.717, 1.165) is 37.1 Å². The van der Waals surface area contributed by atoms with E-state index < -0.39 is 0 Å². The van der Waals surface area contributed by atoms with Crippen LogP contribution in [0, 0.1) is 5.92 Å². The quantitative estimate of drug-likeness (QED) is 0.162. The Bertz CT molecular complexity index is 4790. The normalized spacial score (nSPS) is 18.0. The van der Waals surface area contributed by atoms with Gasteiger partial charge in [-0.1, -0.05) is 212 Å². The molecule has 0 N–H and O–H groups in total. The van der Waals surface area contributed by atoms with E-state index in [1.165, 1.54) is 142 Å². The molecule has 2 nitrogen and oxygen atoms in total. The zero-order valence-corrected chi connectivity index (χ0v) is 47.7. The van der Waals surface area contributed by atoms with Crippen LogP contribution in [0.5, 0.6) is 0 Å². The van der Waals surface area contributed by atoms with Crippen LogP contribution >= 0.6 is 23.5 Å². The summed E-state index contributed by atoms with van der Waals surface area (Å²) in [6, 6.07) is 93.7. The minimum absolute atomic E-state index is 0.0470. The summed E-state index contributed by atoms with van der Waals surface area (Å²) >= 11 is 3.73. The van der Waals surface area contributed by atoms with Gasteiger partial charge in [-0.05, 0) is 210 Å². The Labute approximate surface area is 498 Å². The van der Waals surface area contributed by atoms with Crippen molar-refractivity contribution in [1.82, 2.24) is 0 Å². The maximum atomic E-state index is 2.67. The van der Waals surface area contributed by atoms with Crippen molar-refractivity contribution in [1.29, 1.82) is 0 Å². The SMILES string of the molecule is C1=CC2c3ccc(-c4c5ccc(N6c7ccccc7Sc7ccccc76)cc5c(-c5ccc6c(c5)C5(Cc7ccccc7C5)c5ccccc5-6)c5ccc(N6c7ccccc7Sc7ccccc76)cc45)cc3C3(Cc4ccccc4C3)C2C=C1. The first-order valence-electron chi connectivity index (χ1n) is 29.8. The molecule has 84 heavy (non-hydrogen) atoms. The third-order valence-corrected chi connectivity index (χ3v) is 22.5. The van der Waals surface area contributed by atoms with Gasteiger partial charge in [0.25, 0.3) is 0 Å². The van der Waals surface area contributed by atoms with E-state index in [9.17, 15) is 0 Å². The number of allylic oxidation sites excluding steroid dienone is 4. The minimum atomic E-state index is -0.163. The zero-order chi connectivity index (χ0) is 54.8. The van der Waals surface area contributed by atoms with Crippen molar-refractivity contribution in [2.75, 3.05) is 9.80 Å². The predicted molar refractivity (Wildman–Crippen MR) is 350 cm³/mol. The molecule has 2 aliphatic heterocycles. The van der Waals surface area contributed by atoms with Gasteiger partial charge in [-0.2, -0.15) is 0 Å². The third kappa shape index (κ3) is 6.61. The number of benzene rings is 12. The highest BCUT2D eigenvalue weighted by Crippen LogP contribution is 2.62. The van der Waals surface area contributed by atoms with Crippen molar-refractivity contribution in [3.63, 3.8) is 0 Å². The Morgan fingerprint density at radius 3 is 1.33 bits per heavy atom. The van der Waals surface area contributed by atoms with E-state index in [4.69, 9.17) is 0 Å². The number of nitrogens with zero attached hydrogens (tertiary/aromatic N) is 2. The van der Waals surface area contributed by atoms with Gasteiger partial charge in [-0.25, -0.2) is 0 Å². The van der Waals surface area contributed by atoms with E-state index in [0.29, 0.717) is 11.8 Å². The molecule has 0 saturated carbocycles. The minimum Gasteiger partial charge on any atom is -0.308 e. The Morgan fingerprint density at radius 2 is 0.786 bits per heavy atom. The topological polar surface area (TPSA) is 6.48 Å². The molecule has 12 aromatic carbocycles. The second-order valence-electron chi connectivity index (χ2n) is 24.4. The largest absolute Gasteiger partial charge is 0.308 e. The van der Waals surface area contributed by atoms with Gasteiger partial charge in [0.1, 0.15) is 0 Å². The van der Waals surface area contributed by atoms with Gasteiger partial charge in [0.05, 0.1) is 22.7 Å². The van der Waals surface area contributed by atoms with Crippen molar-refractivity contribution >= 4 is 79.2 Å². The van der Waals surface area contributed by atoms with Gasteiger partial charge in [0, 0.05) is 47.7 Å². The van der Waals surface area contributed by atoms with Gasteiger partial charge in [-0.15, -0.1) is 0 Å². The average molecular weight is 1110 g/mol. The number of hydrogen-bond donors (Lipinski definition) is 0. The molecule has 2 spiro atoms. The molecule has 7 aliphatic rings. The summed E-state index contributed by atoms with van der Waals surface area (Å²) < 4.78 is 0. The maximum Gasteiger partial charge on any atom is 0.0601 e. The summed E-state index contributed by atoms with van der Waals surface area (Å²) in [6.45, 7) is 0. The molecule has 396 valence electrons. The van der Waals surface area contributed by atoms with Crippen LogP contribution in [-0.2, 0) is 36.5 Å². The standard InChI is InChI=1S/C80H54N2S2/c1-2-18-52-46-79(45-51(52)17-1)65-23-7-5-21-57(65)59-37-33-49(41-67(59)79)77-61-39-35-56(82-71-27-11-15-31-75(71)84-76-32-16-12-28-72(76)82)44-64(61)78(62-40-36-55(43-63(62)77)81-69-25-9-13-29-73(69)83-74-30-14-10-26-70(74)81)50-34-38-60-58-22-6-8-24-66(58)80(68(60)42-50)47-53-19-3-4-20-54(53)48-80/h1-44,57,65H,45-48H2. The lowest BCUT2D eigenvalue weighted by Gasteiger charge is -2.34. The molecular weight excluding hydrogens is 1050 g/mol. The fourth-order valence-electron chi connectivity index (χ4n) is 16.8. The summed E-state index contributed by atoms with van der Waals surface area (Å²) in [5.74, 6) is 0.725. The van der Waals surface area contributed by atoms with Crippen LogP contribution in [0.25, 0.3) is 54.9 Å². The van der Waals surface area contributed by atoms with Crippen LogP contribution in [-0.4, -0.2) is 0 Å². The van der Waals surface area contributed by atoms with Crippen molar-refractivity contribution in [2.45, 2.75) is 62.0 Å². The summed E-state index contributed by atoms with van der Waals surface area (Å²) in [7, 11) is 0. The Kier molecular flexibility index (Phi) is 10.0. The Balaban J connectivity index is 0.919. The number of rotatable bonds is 4. The highest BCUT2D eigenvalue weighted by Gasteiger charge is 2.53. The van der Waals surface area contributed by atoms with Crippen molar-refractivity contribution in [3.05, 3.63) is 311 Å². The molecular formula is C80H54N2S2. The molecule has 0 bridgehead atoms. The first-order chi connectivity index (χ1) is 41.6. The van der Waals surface area contributed by atoms with Gasteiger partial charge < -0.3 is 9.80 Å². The average Bonchev–Trinajstić information content (AvgIpc) is 1.56. The summed E-state index contributed by atoms with van der Waals surface area (Å²) in [6.07, 6.45) is 13.7. The first kappa shape index (κ1) is 47.4. The molecule has 5 aliphatic carbocycles. The number of para-hydroxylation sites is 4. The summed E-state index contributed by atoms with van der Waals surface area (Å²) in [5.41, 5.74) is 26.5. The molecule has 0 amide bonds. The van der Waals surface area contributed by atoms with E-state index in [2.05, 4.69) is 277 Å². The fraction of sp³-hybridized carbons (Fsp3) is 0.100. The first-order valence-corrected chi connectivity index (χ1v) is 31.4. The molecule has 2 unspecified atom stereocenters. The number of anilines is 6. The van der Waals surface area contributed by atoms with E-state index in [-0.39, 0.29) is 10.8 Å². The van der Waals surface area contributed by atoms with Crippen LogP contribution < -0.4 is 9.80 Å². The van der Waals surface area contributed by atoms with Gasteiger partial charge in [-0.3, -0.25) is 0 Å². The maximum absolute atomic E-state index is 2.67. The monoisotopic (exact) mass is 1110 g/mol. The van der Waals surface area contributed by atoms with Crippen LogP contribution in [0.4, 0.5) is 34.1 Å². The zero-order valence-electron chi connectivity index (χ0n) is 46.1. The highest BCUT2D eigenvalue weighted by atomic mass is 32.2. The van der Waals surface area contributed by atoms with E-state index >= 15 is 0 Å². The van der Waals surface area contributed by atoms with Crippen molar-refractivity contribution in [2.24, 2.45) is 5.92 Å². The smallest absolute Gasteiger partial charge is 0.0601 e. The third-order valence-electron chi connectivity index (χ3n) is 20.3. The highest BCUT2D eigenvalue weighted by molar-refractivity contribution is 8.00. The summed E-state index contributed by atoms with van der Waals surface area (Å²) in [4.78, 5) is 10.1. The molecule has 2 atom stereocenters. The molecule has 0 fully saturated rings. The van der Waals surface area contributed by atoms with Crippen molar-refractivity contribution in [3.8, 4) is 33.4 Å². The molecule has 2 heterocycles. The second kappa shape index (κ2) is 17.7.